The summed E-state index contributed by atoms with van der Waals surface area (Å²) in [6, 6.07) is 7.49. The number of benzene rings is 1. The highest BCUT2D eigenvalue weighted by atomic mass is 32.2. The molecule has 0 fully saturated rings. The molecule has 0 amide bonds. The Kier molecular flexibility index (Phi) is 11.3. The smallest absolute Gasteiger partial charge is 0.303 e. The average molecular weight is 414 g/mol. The Bertz CT molecular complexity index is 690. The van der Waals surface area contributed by atoms with Crippen LogP contribution in [0.3, 0.4) is 0 Å². The lowest BCUT2D eigenvalue weighted by atomic mass is 9.98. The summed E-state index contributed by atoms with van der Waals surface area (Å²) in [4.78, 5) is 10.5. The molecule has 0 bridgehead atoms. The number of carboxylic acids is 1. The first-order valence-corrected chi connectivity index (χ1v) is 12.0. The fraction of sp³-hybridized carbons (Fsp3) is 0.667. The van der Waals surface area contributed by atoms with Crippen LogP contribution < -0.4 is 0 Å². The van der Waals surface area contributed by atoms with Crippen LogP contribution in [0.4, 0.5) is 0 Å². The summed E-state index contributed by atoms with van der Waals surface area (Å²) in [6.45, 7) is 2.76. The summed E-state index contributed by atoms with van der Waals surface area (Å²) < 4.78 is 25.9. The zero-order chi connectivity index (χ0) is 21.0. The summed E-state index contributed by atoms with van der Waals surface area (Å²) in [5, 5.41) is 19.2. The predicted octanol–water partition coefficient (Wildman–Crippen LogP) is 4.10. The SMILES string of the molecule is CCCCCC(O)c1ccccc1CN(CCCCCCC(=O)O)S(C)(=O)=O. The van der Waals surface area contributed by atoms with Crippen molar-refractivity contribution in [3.8, 4) is 0 Å². The van der Waals surface area contributed by atoms with Gasteiger partial charge in [0.05, 0.1) is 12.4 Å². The molecule has 160 valence electrons. The Morgan fingerprint density at radius 1 is 1.07 bits per heavy atom. The molecule has 0 aliphatic rings. The monoisotopic (exact) mass is 413 g/mol. The molecule has 0 aliphatic heterocycles. The molecule has 1 rings (SSSR count). The highest BCUT2D eigenvalue weighted by Crippen LogP contribution is 2.25. The molecule has 1 aromatic rings. The van der Waals surface area contributed by atoms with Gasteiger partial charge in [-0.05, 0) is 30.4 Å². The zero-order valence-corrected chi connectivity index (χ0v) is 18.0. The predicted molar refractivity (Wildman–Crippen MR) is 112 cm³/mol. The van der Waals surface area contributed by atoms with Crippen LogP contribution in [0.15, 0.2) is 24.3 Å². The van der Waals surface area contributed by atoms with E-state index in [1.54, 1.807) is 0 Å². The van der Waals surface area contributed by atoms with Crippen molar-refractivity contribution in [1.29, 1.82) is 0 Å². The Labute approximate surface area is 169 Å². The van der Waals surface area contributed by atoms with Crippen LogP contribution in [0.1, 0.15) is 81.9 Å². The van der Waals surface area contributed by atoms with Crippen LogP contribution in [-0.4, -0.2) is 41.7 Å². The van der Waals surface area contributed by atoms with Gasteiger partial charge in [0.2, 0.25) is 10.0 Å². The van der Waals surface area contributed by atoms with Gasteiger partial charge in [0.1, 0.15) is 0 Å². The van der Waals surface area contributed by atoms with Crippen LogP contribution in [0.2, 0.25) is 0 Å². The second-order valence-corrected chi connectivity index (χ2v) is 9.35. The number of nitrogens with zero attached hydrogens (tertiary/aromatic N) is 1. The lowest BCUT2D eigenvalue weighted by molar-refractivity contribution is -0.137. The number of carbonyl (C=O) groups is 1. The summed E-state index contributed by atoms with van der Waals surface area (Å²) in [7, 11) is -3.38. The molecule has 0 aromatic heterocycles. The second kappa shape index (κ2) is 12.9. The molecule has 1 unspecified atom stereocenters. The standard InChI is InChI=1S/C21H35NO5S/c1-3-4-7-14-20(23)19-13-10-9-12-18(19)17-22(28(2,26)27)16-11-6-5-8-15-21(24)25/h9-10,12-13,20,23H,3-8,11,14-17H2,1-2H3,(H,24,25). The van der Waals surface area contributed by atoms with Crippen LogP contribution >= 0.6 is 0 Å². The number of sulfonamides is 1. The summed E-state index contributed by atoms with van der Waals surface area (Å²) in [5.74, 6) is -0.799. The molecule has 28 heavy (non-hydrogen) atoms. The van der Waals surface area contributed by atoms with Crippen molar-refractivity contribution in [2.45, 2.75) is 77.4 Å². The van der Waals surface area contributed by atoms with Gasteiger partial charge in [0, 0.05) is 19.5 Å². The molecule has 0 saturated heterocycles. The number of unbranched alkanes of at least 4 members (excludes halogenated alkanes) is 5. The quantitative estimate of drug-likeness (QED) is 0.422. The van der Waals surface area contributed by atoms with Gasteiger partial charge in [-0.3, -0.25) is 4.79 Å². The van der Waals surface area contributed by atoms with E-state index < -0.39 is 22.1 Å². The highest BCUT2D eigenvalue weighted by molar-refractivity contribution is 7.88. The van der Waals surface area contributed by atoms with E-state index in [9.17, 15) is 18.3 Å². The molecule has 2 N–H and O–H groups in total. The fourth-order valence-electron chi connectivity index (χ4n) is 3.22. The van der Waals surface area contributed by atoms with Gasteiger partial charge in [-0.25, -0.2) is 8.42 Å². The van der Waals surface area contributed by atoms with E-state index in [1.165, 1.54) is 10.6 Å². The minimum atomic E-state index is -3.38. The molecule has 0 saturated carbocycles. The van der Waals surface area contributed by atoms with Crippen molar-refractivity contribution in [3.63, 3.8) is 0 Å². The lowest BCUT2D eigenvalue weighted by Crippen LogP contribution is -2.31. The zero-order valence-electron chi connectivity index (χ0n) is 17.1. The fourth-order valence-corrected chi connectivity index (χ4v) is 4.05. The Hall–Kier alpha value is -1.44. The first-order chi connectivity index (χ1) is 13.3. The van der Waals surface area contributed by atoms with Crippen molar-refractivity contribution in [2.24, 2.45) is 0 Å². The Morgan fingerprint density at radius 3 is 2.39 bits per heavy atom. The van der Waals surface area contributed by atoms with Gasteiger partial charge in [0.15, 0.2) is 0 Å². The molecule has 7 heteroatoms. The maximum absolute atomic E-state index is 12.2. The number of aliphatic hydroxyl groups is 1. The number of carboxylic acid groups (broad SMARTS) is 1. The van der Waals surface area contributed by atoms with Crippen LogP contribution in [0, 0.1) is 0 Å². The number of aliphatic hydroxyl groups excluding tert-OH is 1. The minimum Gasteiger partial charge on any atom is -0.481 e. The maximum atomic E-state index is 12.2. The third kappa shape index (κ3) is 9.66. The van der Waals surface area contributed by atoms with E-state index in [0.29, 0.717) is 25.8 Å². The van der Waals surface area contributed by atoms with Crippen LogP contribution in [0.5, 0.6) is 0 Å². The van der Waals surface area contributed by atoms with Gasteiger partial charge in [-0.15, -0.1) is 0 Å². The molecular formula is C21H35NO5S. The van der Waals surface area contributed by atoms with Gasteiger partial charge in [-0.2, -0.15) is 4.31 Å². The topological polar surface area (TPSA) is 94.9 Å². The number of rotatable bonds is 15. The summed E-state index contributed by atoms with van der Waals surface area (Å²) in [6.07, 6.45) is 7.41. The average Bonchev–Trinajstić information content (AvgIpc) is 2.63. The minimum absolute atomic E-state index is 0.152. The third-order valence-electron chi connectivity index (χ3n) is 4.86. The van der Waals surface area contributed by atoms with Crippen molar-refractivity contribution in [3.05, 3.63) is 35.4 Å². The number of hydrogen-bond acceptors (Lipinski definition) is 4. The molecule has 0 radical (unpaired) electrons. The maximum Gasteiger partial charge on any atom is 0.303 e. The van der Waals surface area contributed by atoms with E-state index in [1.807, 2.05) is 24.3 Å². The summed E-state index contributed by atoms with van der Waals surface area (Å²) >= 11 is 0. The molecule has 0 aliphatic carbocycles. The van der Waals surface area contributed by atoms with Crippen LogP contribution in [-0.2, 0) is 21.4 Å². The molecular weight excluding hydrogens is 378 g/mol. The van der Waals surface area contributed by atoms with Crippen molar-refractivity contribution >= 4 is 16.0 Å². The van der Waals surface area contributed by atoms with Crippen molar-refractivity contribution in [1.82, 2.24) is 4.31 Å². The van der Waals surface area contributed by atoms with Gasteiger partial charge in [-0.1, -0.05) is 63.3 Å². The first kappa shape index (κ1) is 24.6. The number of aliphatic carboxylic acids is 1. The van der Waals surface area contributed by atoms with Gasteiger partial charge < -0.3 is 10.2 Å². The molecule has 1 atom stereocenters. The third-order valence-corrected chi connectivity index (χ3v) is 6.11. The van der Waals surface area contributed by atoms with Crippen molar-refractivity contribution in [2.75, 3.05) is 12.8 Å². The van der Waals surface area contributed by atoms with E-state index in [0.717, 1.165) is 43.2 Å². The van der Waals surface area contributed by atoms with Gasteiger partial charge in [0.25, 0.3) is 0 Å². The first-order valence-electron chi connectivity index (χ1n) is 10.2. The van der Waals surface area contributed by atoms with E-state index in [-0.39, 0.29) is 13.0 Å². The van der Waals surface area contributed by atoms with Gasteiger partial charge >= 0.3 is 5.97 Å². The normalized spacial score (nSPS) is 13.0. The van der Waals surface area contributed by atoms with E-state index in [2.05, 4.69) is 6.92 Å². The second-order valence-electron chi connectivity index (χ2n) is 7.36. The Morgan fingerprint density at radius 2 is 1.75 bits per heavy atom. The van der Waals surface area contributed by atoms with Crippen LogP contribution in [0.25, 0.3) is 0 Å². The molecule has 6 nitrogen and oxygen atoms in total. The highest BCUT2D eigenvalue weighted by Gasteiger charge is 2.20. The molecule has 1 aromatic carbocycles. The largest absolute Gasteiger partial charge is 0.481 e. The number of hydrogen-bond donors (Lipinski definition) is 2. The lowest BCUT2D eigenvalue weighted by Gasteiger charge is -2.23. The summed E-state index contributed by atoms with van der Waals surface area (Å²) in [5.41, 5.74) is 1.64. The van der Waals surface area contributed by atoms with E-state index >= 15 is 0 Å². The molecule has 0 heterocycles. The van der Waals surface area contributed by atoms with Crippen molar-refractivity contribution < 1.29 is 23.4 Å². The molecule has 0 spiro atoms. The van der Waals surface area contributed by atoms with E-state index in [4.69, 9.17) is 5.11 Å². The Balaban J connectivity index is 2.70.